The zero-order valence-corrected chi connectivity index (χ0v) is 9.51. The summed E-state index contributed by atoms with van der Waals surface area (Å²) in [4.78, 5) is 4.36. The van der Waals surface area contributed by atoms with Crippen molar-refractivity contribution in [2.24, 2.45) is 0 Å². The van der Waals surface area contributed by atoms with Crippen LogP contribution in [0.4, 0.5) is 5.82 Å². The van der Waals surface area contributed by atoms with Crippen LogP contribution in [0.15, 0.2) is 17.6 Å². The Morgan fingerprint density at radius 3 is 2.93 bits per heavy atom. The van der Waals surface area contributed by atoms with Gasteiger partial charge in [-0.15, -0.1) is 16.4 Å². The first kappa shape index (κ1) is 10.0. The molecule has 2 rings (SSSR count). The van der Waals surface area contributed by atoms with Crippen LogP contribution in [-0.4, -0.2) is 15.2 Å². The molecule has 2 heterocycles. The maximum absolute atomic E-state index is 4.36. The standard InChI is InChI=1S/C10H12N4S/c1-7-3-10(14-12-4-7)11-5-9-6-15-8(2)13-9/h3-4,6H,5H2,1-2H3,(H,11,14). The predicted octanol–water partition coefficient (Wildman–Crippen LogP) is 2.16. The van der Waals surface area contributed by atoms with Crippen molar-refractivity contribution in [3.05, 3.63) is 33.9 Å². The minimum atomic E-state index is 0.697. The van der Waals surface area contributed by atoms with E-state index in [0.717, 1.165) is 22.1 Å². The van der Waals surface area contributed by atoms with Crippen molar-refractivity contribution in [3.8, 4) is 0 Å². The summed E-state index contributed by atoms with van der Waals surface area (Å²) in [6, 6.07) is 1.96. The highest BCUT2D eigenvalue weighted by atomic mass is 32.1. The van der Waals surface area contributed by atoms with Gasteiger partial charge in [0.1, 0.15) is 5.82 Å². The monoisotopic (exact) mass is 220 g/mol. The van der Waals surface area contributed by atoms with Crippen molar-refractivity contribution in [1.29, 1.82) is 0 Å². The number of anilines is 1. The molecule has 0 amide bonds. The average Bonchev–Trinajstić information content (AvgIpc) is 2.62. The second-order valence-electron chi connectivity index (χ2n) is 3.33. The Kier molecular flexibility index (Phi) is 2.91. The fourth-order valence-electron chi connectivity index (χ4n) is 1.22. The largest absolute Gasteiger partial charge is 0.363 e. The normalized spacial score (nSPS) is 10.3. The number of aromatic nitrogens is 3. The molecule has 0 unspecified atom stereocenters. The lowest BCUT2D eigenvalue weighted by Crippen LogP contribution is -2.02. The first-order chi connectivity index (χ1) is 7.24. The van der Waals surface area contributed by atoms with Gasteiger partial charge in [-0.3, -0.25) is 0 Å². The summed E-state index contributed by atoms with van der Waals surface area (Å²) in [6.45, 7) is 4.69. The Bertz CT molecular complexity index is 452. The molecule has 0 aliphatic rings. The molecular formula is C10H12N4S. The number of rotatable bonds is 3. The molecule has 78 valence electrons. The molecule has 15 heavy (non-hydrogen) atoms. The van der Waals surface area contributed by atoms with Gasteiger partial charge in [0, 0.05) is 5.38 Å². The van der Waals surface area contributed by atoms with E-state index >= 15 is 0 Å². The molecule has 0 aliphatic heterocycles. The molecule has 2 aromatic rings. The van der Waals surface area contributed by atoms with E-state index in [1.165, 1.54) is 0 Å². The lowest BCUT2D eigenvalue weighted by atomic mass is 10.3. The van der Waals surface area contributed by atoms with Crippen LogP contribution in [0.5, 0.6) is 0 Å². The lowest BCUT2D eigenvalue weighted by molar-refractivity contribution is 0.972. The van der Waals surface area contributed by atoms with Crippen molar-refractivity contribution in [2.75, 3.05) is 5.32 Å². The highest BCUT2D eigenvalue weighted by Crippen LogP contribution is 2.10. The Hall–Kier alpha value is -1.49. The van der Waals surface area contributed by atoms with Crippen LogP contribution in [-0.2, 0) is 6.54 Å². The number of nitrogens with one attached hydrogen (secondary N) is 1. The molecule has 0 aromatic carbocycles. The quantitative estimate of drug-likeness (QED) is 0.861. The van der Waals surface area contributed by atoms with Gasteiger partial charge in [0.15, 0.2) is 0 Å². The summed E-state index contributed by atoms with van der Waals surface area (Å²) in [5.41, 5.74) is 2.14. The van der Waals surface area contributed by atoms with Crippen LogP contribution in [0.3, 0.4) is 0 Å². The third-order valence-electron chi connectivity index (χ3n) is 1.91. The zero-order chi connectivity index (χ0) is 10.7. The maximum atomic E-state index is 4.36. The minimum Gasteiger partial charge on any atom is -0.363 e. The predicted molar refractivity (Wildman–Crippen MR) is 60.9 cm³/mol. The van der Waals surface area contributed by atoms with Crippen LogP contribution < -0.4 is 5.32 Å². The van der Waals surface area contributed by atoms with E-state index < -0.39 is 0 Å². The van der Waals surface area contributed by atoms with Gasteiger partial charge in [-0.25, -0.2) is 4.98 Å². The van der Waals surface area contributed by atoms with E-state index in [0.29, 0.717) is 6.54 Å². The van der Waals surface area contributed by atoms with E-state index in [-0.39, 0.29) is 0 Å². The van der Waals surface area contributed by atoms with E-state index in [1.54, 1.807) is 17.5 Å². The van der Waals surface area contributed by atoms with E-state index in [1.807, 2.05) is 25.3 Å². The molecule has 0 spiro atoms. The minimum absolute atomic E-state index is 0.697. The van der Waals surface area contributed by atoms with Crippen LogP contribution in [0.1, 0.15) is 16.3 Å². The third kappa shape index (κ3) is 2.73. The Morgan fingerprint density at radius 2 is 2.27 bits per heavy atom. The number of nitrogens with zero attached hydrogens (tertiary/aromatic N) is 3. The van der Waals surface area contributed by atoms with Crippen molar-refractivity contribution >= 4 is 17.2 Å². The van der Waals surface area contributed by atoms with Gasteiger partial charge in [-0.1, -0.05) is 0 Å². The van der Waals surface area contributed by atoms with Gasteiger partial charge in [0.05, 0.1) is 23.4 Å². The summed E-state index contributed by atoms with van der Waals surface area (Å²) in [6.07, 6.45) is 1.73. The van der Waals surface area contributed by atoms with Crippen molar-refractivity contribution in [1.82, 2.24) is 15.2 Å². The third-order valence-corrected chi connectivity index (χ3v) is 2.73. The summed E-state index contributed by atoms with van der Waals surface area (Å²) in [7, 11) is 0. The van der Waals surface area contributed by atoms with Crippen LogP contribution in [0, 0.1) is 13.8 Å². The fraction of sp³-hybridized carbons (Fsp3) is 0.300. The van der Waals surface area contributed by atoms with Crippen LogP contribution in [0.25, 0.3) is 0 Å². The molecule has 0 bridgehead atoms. The number of hydrogen-bond donors (Lipinski definition) is 1. The topological polar surface area (TPSA) is 50.7 Å². The second-order valence-corrected chi connectivity index (χ2v) is 4.39. The molecule has 1 N–H and O–H groups in total. The highest BCUT2D eigenvalue weighted by molar-refractivity contribution is 7.09. The van der Waals surface area contributed by atoms with Gasteiger partial charge in [-0.2, -0.15) is 5.10 Å². The first-order valence-electron chi connectivity index (χ1n) is 4.68. The summed E-state index contributed by atoms with van der Waals surface area (Å²) in [5.74, 6) is 0.792. The molecule has 2 aromatic heterocycles. The molecule has 4 nitrogen and oxygen atoms in total. The molecule has 5 heteroatoms. The molecular weight excluding hydrogens is 208 g/mol. The molecule has 0 saturated carbocycles. The lowest BCUT2D eigenvalue weighted by Gasteiger charge is -2.02. The maximum Gasteiger partial charge on any atom is 0.149 e. The smallest absolute Gasteiger partial charge is 0.149 e. The van der Waals surface area contributed by atoms with Gasteiger partial charge in [0.25, 0.3) is 0 Å². The molecule has 0 fully saturated rings. The summed E-state index contributed by atoms with van der Waals surface area (Å²) >= 11 is 1.66. The Balaban J connectivity index is 1.99. The molecule has 0 aliphatic carbocycles. The van der Waals surface area contributed by atoms with E-state index in [2.05, 4.69) is 20.5 Å². The second kappa shape index (κ2) is 4.35. The van der Waals surface area contributed by atoms with Gasteiger partial charge in [-0.05, 0) is 25.5 Å². The van der Waals surface area contributed by atoms with Crippen LogP contribution >= 0.6 is 11.3 Å². The first-order valence-corrected chi connectivity index (χ1v) is 5.56. The Morgan fingerprint density at radius 1 is 1.40 bits per heavy atom. The molecule has 0 atom stereocenters. The van der Waals surface area contributed by atoms with E-state index in [9.17, 15) is 0 Å². The van der Waals surface area contributed by atoms with E-state index in [4.69, 9.17) is 0 Å². The highest BCUT2D eigenvalue weighted by Gasteiger charge is 1.99. The number of thiazole rings is 1. The summed E-state index contributed by atoms with van der Waals surface area (Å²) in [5, 5.41) is 14.2. The fourth-order valence-corrected chi connectivity index (χ4v) is 1.83. The molecule has 0 saturated heterocycles. The SMILES string of the molecule is Cc1cnnc(NCc2csc(C)n2)c1. The zero-order valence-electron chi connectivity index (χ0n) is 8.69. The van der Waals surface area contributed by atoms with Crippen molar-refractivity contribution in [3.63, 3.8) is 0 Å². The summed E-state index contributed by atoms with van der Waals surface area (Å²) < 4.78 is 0. The number of aryl methyl sites for hydroxylation is 2. The van der Waals surface area contributed by atoms with Crippen LogP contribution in [0.2, 0.25) is 0 Å². The van der Waals surface area contributed by atoms with Crippen molar-refractivity contribution in [2.45, 2.75) is 20.4 Å². The number of hydrogen-bond acceptors (Lipinski definition) is 5. The van der Waals surface area contributed by atoms with Gasteiger partial charge in [0.2, 0.25) is 0 Å². The van der Waals surface area contributed by atoms with Gasteiger partial charge < -0.3 is 5.32 Å². The van der Waals surface area contributed by atoms with Crippen molar-refractivity contribution < 1.29 is 0 Å². The average molecular weight is 220 g/mol. The molecule has 0 radical (unpaired) electrons. The Labute approximate surface area is 92.4 Å². The van der Waals surface area contributed by atoms with Gasteiger partial charge >= 0.3 is 0 Å².